The van der Waals surface area contributed by atoms with Crippen molar-refractivity contribution in [2.24, 2.45) is 5.73 Å². The summed E-state index contributed by atoms with van der Waals surface area (Å²) < 4.78 is 6.09. The van der Waals surface area contributed by atoms with Crippen LogP contribution in [-0.2, 0) is 19.2 Å². The van der Waals surface area contributed by atoms with Crippen molar-refractivity contribution in [2.45, 2.75) is 31.8 Å². The molecule has 0 bridgehead atoms. The zero-order valence-corrected chi connectivity index (χ0v) is 23.8. The number of carboxylic acids is 2. The van der Waals surface area contributed by atoms with Gasteiger partial charge in [-0.3, -0.25) is 0 Å². The fourth-order valence-electron chi connectivity index (χ4n) is 3.08. The van der Waals surface area contributed by atoms with Crippen LogP contribution in [0.5, 0.6) is 5.75 Å². The van der Waals surface area contributed by atoms with Crippen LogP contribution in [0, 0.1) is 6.92 Å². The van der Waals surface area contributed by atoms with Crippen molar-refractivity contribution < 1.29 is 38.9 Å². The summed E-state index contributed by atoms with van der Waals surface area (Å²) in [4.78, 5) is 59.8. The van der Waals surface area contributed by atoms with Gasteiger partial charge in [-0.05, 0) is 0 Å². The van der Waals surface area contributed by atoms with Crippen LogP contribution in [0.1, 0.15) is 28.8 Å². The molecule has 0 fully saturated rings. The molecular formula is C25H30N4O8SSe. The van der Waals surface area contributed by atoms with Gasteiger partial charge in [-0.25, -0.2) is 0 Å². The second kappa shape index (κ2) is 15.7. The number of aliphatic carboxylic acids is 2. The van der Waals surface area contributed by atoms with Crippen molar-refractivity contribution in [1.29, 1.82) is 0 Å². The number of aryl methyl sites for hydroxylation is 1. The fraction of sp³-hybridized carbons (Fsp3) is 0.320. The van der Waals surface area contributed by atoms with Crippen LogP contribution in [0.25, 0.3) is 0 Å². The summed E-state index contributed by atoms with van der Waals surface area (Å²) in [5.41, 5.74) is 7.50. The molecule has 12 nitrogen and oxygen atoms in total. The standard InChI is InChI=1S/C25H30N4O8SSe/c1-14-6-8-15(9-7-14)28-23(33)16-4-3-5-19(37-2)22(16)39-38-13-18(24(34)27-12-21(31)32)29-20(30)11-10-17(26)25(35)36/h3-9,17-18H,10-13,26H2,1-2H3,(H,27,34)(H,28,33)(H,29,30)(H,31,32)(H,35,36). The Hall–Kier alpha value is -3.58. The SMILES string of the molecule is COc1cccc(C(=O)Nc2ccc(C)cc2)c1[Se]SCC(NC(=O)CCC(N)C(=O)O)C(=O)NCC(=O)O. The average molecular weight is 626 g/mol. The maximum absolute atomic E-state index is 13.1. The van der Waals surface area contributed by atoms with Gasteiger partial charge in [0.2, 0.25) is 0 Å². The van der Waals surface area contributed by atoms with E-state index in [-0.39, 0.29) is 24.5 Å². The van der Waals surface area contributed by atoms with Crippen LogP contribution in [0.15, 0.2) is 42.5 Å². The van der Waals surface area contributed by atoms with Crippen LogP contribution in [0.3, 0.4) is 0 Å². The number of nitrogens with two attached hydrogens (primary N) is 1. The van der Waals surface area contributed by atoms with Crippen LogP contribution in [0.2, 0.25) is 0 Å². The Morgan fingerprint density at radius 1 is 1.08 bits per heavy atom. The third-order valence-electron chi connectivity index (χ3n) is 5.20. The summed E-state index contributed by atoms with van der Waals surface area (Å²) in [6.07, 6.45) is -0.371. The van der Waals surface area contributed by atoms with Gasteiger partial charge in [-0.15, -0.1) is 0 Å². The molecule has 0 spiro atoms. The first-order chi connectivity index (χ1) is 18.5. The number of hydrogen-bond donors (Lipinski definition) is 6. The Labute approximate surface area is 234 Å². The number of ether oxygens (including phenoxy) is 1. The van der Waals surface area contributed by atoms with Crippen molar-refractivity contribution in [3.63, 3.8) is 0 Å². The number of carboxylic acid groups (broad SMARTS) is 2. The Morgan fingerprint density at radius 2 is 1.77 bits per heavy atom. The first-order valence-corrected chi connectivity index (χ1v) is 15.5. The zero-order chi connectivity index (χ0) is 28.9. The molecule has 0 radical (unpaired) electrons. The molecule has 2 aromatic rings. The summed E-state index contributed by atoms with van der Waals surface area (Å²) in [5.74, 6) is -3.63. The zero-order valence-electron chi connectivity index (χ0n) is 21.3. The van der Waals surface area contributed by atoms with Crippen molar-refractivity contribution >= 4 is 63.8 Å². The van der Waals surface area contributed by atoms with Gasteiger partial charge in [0.25, 0.3) is 0 Å². The molecule has 3 amide bonds. The molecule has 39 heavy (non-hydrogen) atoms. The second-order valence-electron chi connectivity index (χ2n) is 8.24. The number of nitrogens with one attached hydrogen (secondary N) is 3. The van der Waals surface area contributed by atoms with E-state index in [0.717, 1.165) is 5.56 Å². The van der Waals surface area contributed by atoms with Crippen molar-refractivity contribution in [2.75, 3.05) is 24.7 Å². The van der Waals surface area contributed by atoms with E-state index in [0.29, 0.717) is 21.5 Å². The van der Waals surface area contributed by atoms with E-state index in [4.69, 9.17) is 20.7 Å². The predicted octanol–water partition coefficient (Wildman–Crippen LogP) is 0.111. The third kappa shape index (κ3) is 10.6. The molecule has 2 rings (SSSR count). The van der Waals surface area contributed by atoms with Gasteiger partial charge in [0, 0.05) is 0 Å². The Morgan fingerprint density at radius 3 is 2.38 bits per heavy atom. The van der Waals surface area contributed by atoms with E-state index in [1.807, 2.05) is 19.1 Å². The van der Waals surface area contributed by atoms with Gasteiger partial charge in [0.1, 0.15) is 0 Å². The molecule has 0 heterocycles. The first-order valence-electron chi connectivity index (χ1n) is 11.6. The number of anilines is 1. The van der Waals surface area contributed by atoms with Gasteiger partial charge >= 0.3 is 235 Å². The van der Waals surface area contributed by atoms with Crippen LogP contribution in [-0.4, -0.2) is 85.2 Å². The summed E-state index contributed by atoms with van der Waals surface area (Å²) >= 11 is -0.464. The van der Waals surface area contributed by atoms with E-state index in [2.05, 4.69) is 16.0 Å². The van der Waals surface area contributed by atoms with E-state index in [1.165, 1.54) is 17.3 Å². The number of amides is 3. The third-order valence-corrected chi connectivity index (χ3v) is 9.48. The molecule has 0 aromatic heterocycles. The van der Waals surface area contributed by atoms with Crippen LogP contribution < -0.4 is 30.9 Å². The molecule has 0 aliphatic heterocycles. The summed E-state index contributed by atoms with van der Waals surface area (Å²) in [7, 11) is 2.76. The Kier molecular flexibility index (Phi) is 12.8. The normalized spacial score (nSPS) is 12.1. The van der Waals surface area contributed by atoms with E-state index in [1.54, 1.807) is 30.3 Å². The van der Waals surface area contributed by atoms with E-state index >= 15 is 0 Å². The molecule has 0 saturated carbocycles. The van der Waals surface area contributed by atoms with Crippen molar-refractivity contribution in [3.05, 3.63) is 53.6 Å². The quantitative estimate of drug-likeness (QED) is 0.148. The summed E-state index contributed by atoms with van der Waals surface area (Å²) in [5, 5.41) is 25.4. The minimum atomic E-state index is -1.25. The summed E-state index contributed by atoms with van der Waals surface area (Å²) in [6, 6.07) is 10.1. The van der Waals surface area contributed by atoms with E-state index < -0.39 is 56.2 Å². The number of hydrogen-bond acceptors (Lipinski definition) is 8. The molecule has 0 saturated heterocycles. The molecule has 2 atom stereocenters. The van der Waals surface area contributed by atoms with Gasteiger partial charge in [-0.2, -0.15) is 0 Å². The fourth-order valence-corrected chi connectivity index (χ4v) is 7.58. The monoisotopic (exact) mass is 626 g/mol. The predicted molar refractivity (Wildman–Crippen MR) is 147 cm³/mol. The first kappa shape index (κ1) is 31.6. The Balaban J connectivity index is 2.13. The number of carbonyl (C=O) groups excluding carboxylic acids is 3. The number of rotatable bonds is 15. The van der Waals surface area contributed by atoms with Gasteiger partial charge in [-0.1, -0.05) is 0 Å². The van der Waals surface area contributed by atoms with Gasteiger partial charge in [0.15, 0.2) is 0 Å². The topological polar surface area (TPSA) is 197 Å². The molecule has 2 unspecified atom stereocenters. The molecule has 0 aliphatic rings. The molecule has 7 N–H and O–H groups in total. The number of benzene rings is 2. The van der Waals surface area contributed by atoms with Crippen LogP contribution >= 0.6 is 10.2 Å². The van der Waals surface area contributed by atoms with Crippen molar-refractivity contribution in [3.8, 4) is 5.75 Å². The average Bonchev–Trinajstić information content (AvgIpc) is 2.90. The maximum atomic E-state index is 13.1. The van der Waals surface area contributed by atoms with Gasteiger partial charge in [0.05, 0.1) is 0 Å². The van der Waals surface area contributed by atoms with Gasteiger partial charge < -0.3 is 0 Å². The number of methoxy groups -OCH3 is 1. The number of carbonyl (C=O) groups is 5. The molecule has 14 heteroatoms. The van der Waals surface area contributed by atoms with Crippen molar-refractivity contribution in [1.82, 2.24) is 10.6 Å². The summed E-state index contributed by atoms with van der Waals surface area (Å²) in [6.45, 7) is 1.30. The molecule has 2 aromatic carbocycles. The molecule has 210 valence electrons. The minimum absolute atomic E-state index is 0.0548. The molecule has 0 aliphatic carbocycles. The Bertz CT molecular complexity index is 1200. The van der Waals surface area contributed by atoms with Crippen LogP contribution in [0.4, 0.5) is 5.69 Å². The second-order valence-corrected chi connectivity index (χ2v) is 12.4. The van der Waals surface area contributed by atoms with E-state index in [9.17, 15) is 24.0 Å². The molecular weight excluding hydrogens is 595 g/mol.